The third-order valence-corrected chi connectivity index (χ3v) is 3.77. The molecular weight excluding hydrogens is 278 g/mol. The lowest BCUT2D eigenvalue weighted by Crippen LogP contribution is -2.24. The highest BCUT2D eigenvalue weighted by Crippen LogP contribution is 2.20. The maximum absolute atomic E-state index is 12.1. The quantitative estimate of drug-likeness (QED) is 0.677. The smallest absolute Gasteiger partial charge is 0.165 e. The number of aromatic amines is 1. The number of rotatable bonds is 5. The van der Waals surface area contributed by atoms with E-state index in [0.717, 1.165) is 22.0 Å². The lowest BCUT2D eigenvalue weighted by atomic mass is 9.99. The highest BCUT2D eigenvalue weighted by molar-refractivity contribution is 5.87. The number of benzene rings is 2. The number of aromatic nitrogens is 1. The Hall–Kier alpha value is -2.59. The van der Waals surface area contributed by atoms with Gasteiger partial charge in [0.1, 0.15) is 11.9 Å². The van der Waals surface area contributed by atoms with E-state index in [1.165, 1.54) is 12.1 Å². The van der Waals surface area contributed by atoms with Gasteiger partial charge in [-0.05, 0) is 29.3 Å². The summed E-state index contributed by atoms with van der Waals surface area (Å²) in [6.45, 7) is 0. The first-order valence-corrected chi connectivity index (χ1v) is 7.17. The summed E-state index contributed by atoms with van der Waals surface area (Å²) in [6.07, 6.45) is 1.25. The summed E-state index contributed by atoms with van der Waals surface area (Å²) in [5, 5.41) is 20.4. The molecule has 4 nitrogen and oxygen atoms in total. The van der Waals surface area contributed by atoms with Gasteiger partial charge in [0.25, 0.3) is 0 Å². The lowest BCUT2D eigenvalue weighted by Gasteiger charge is -2.09. The molecule has 3 aromatic rings. The predicted molar refractivity (Wildman–Crippen MR) is 84.8 cm³/mol. The van der Waals surface area contributed by atoms with Gasteiger partial charge in [0.2, 0.25) is 0 Å². The molecule has 0 spiro atoms. The third-order valence-electron chi connectivity index (χ3n) is 3.77. The number of aliphatic hydroxyl groups excluding tert-OH is 1. The van der Waals surface area contributed by atoms with Crippen LogP contribution in [-0.2, 0) is 17.6 Å². The van der Waals surface area contributed by atoms with Crippen LogP contribution >= 0.6 is 0 Å². The predicted octanol–water partition coefficient (Wildman–Crippen LogP) is 2.59. The second kappa shape index (κ2) is 6.03. The van der Waals surface area contributed by atoms with Gasteiger partial charge < -0.3 is 15.2 Å². The molecule has 0 aliphatic carbocycles. The number of fused-ring (bicyclic) bond motifs is 1. The molecule has 4 heteroatoms. The highest BCUT2D eigenvalue weighted by atomic mass is 16.3. The van der Waals surface area contributed by atoms with Gasteiger partial charge >= 0.3 is 0 Å². The van der Waals surface area contributed by atoms with Crippen LogP contribution in [0.1, 0.15) is 11.1 Å². The topological polar surface area (TPSA) is 73.3 Å². The molecule has 0 bridgehead atoms. The Morgan fingerprint density at radius 2 is 1.82 bits per heavy atom. The van der Waals surface area contributed by atoms with Crippen LogP contribution in [0.15, 0.2) is 54.7 Å². The van der Waals surface area contributed by atoms with Crippen molar-refractivity contribution in [3.05, 3.63) is 65.9 Å². The molecule has 0 saturated heterocycles. The first-order valence-electron chi connectivity index (χ1n) is 7.17. The number of hydrogen-bond donors (Lipinski definition) is 3. The molecule has 1 atom stereocenters. The fourth-order valence-corrected chi connectivity index (χ4v) is 2.56. The van der Waals surface area contributed by atoms with E-state index in [4.69, 9.17) is 0 Å². The molecule has 0 unspecified atom stereocenters. The number of aromatic hydroxyl groups is 1. The van der Waals surface area contributed by atoms with E-state index in [0.29, 0.717) is 6.42 Å². The van der Waals surface area contributed by atoms with Crippen molar-refractivity contribution in [1.82, 2.24) is 4.98 Å². The second-order valence-corrected chi connectivity index (χ2v) is 5.39. The van der Waals surface area contributed by atoms with E-state index in [1.807, 2.05) is 30.5 Å². The van der Waals surface area contributed by atoms with E-state index in [1.54, 1.807) is 12.1 Å². The number of carbonyl (C=O) groups is 1. The van der Waals surface area contributed by atoms with Crippen molar-refractivity contribution < 1.29 is 15.0 Å². The van der Waals surface area contributed by atoms with E-state index < -0.39 is 6.10 Å². The minimum Gasteiger partial charge on any atom is -0.508 e. The molecule has 2 aromatic carbocycles. The van der Waals surface area contributed by atoms with Gasteiger partial charge in [0, 0.05) is 29.9 Å². The monoisotopic (exact) mass is 295 g/mol. The number of H-pyrrole nitrogens is 1. The maximum atomic E-state index is 12.1. The number of nitrogens with one attached hydrogen (secondary N) is 1. The molecule has 0 aliphatic rings. The largest absolute Gasteiger partial charge is 0.508 e. The van der Waals surface area contributed by atoms with Crippen molar-refractivity contribution in [3.8, 4) is 5.75 Å². The molecule has 22 heavy (non-hydrogen) atoms. The van der Waals surface area contributed by atoms with Gasteiger partial charge in [-0.15, -0.1) is 0 Å². The fraction of sp³-hybridized carbons (Fsp3) is 0.167. The van der Waals surface area contributed by atoms with E-state index >= 15 is 0 Å². The van der Waals surface area contributed by atoms with Crippen molar-refractivity contribution in [2.24, 2.45) is 0 Å². The van der Waals surface area contributed by atoms with Crippen LogP contribution in [-0.4, -0.2) is 27.1 Å². The number of hydrogen-bond acceptors (Lipinski definition) is 3. The van der Waals surface area contributed by atoms with E-state index in [2.05, 4.69) is 4.98 Å². The van der Waals surface area contributed by atoms with E-state index in [-0.39, 0.29) is 18.0 Å². The first-order chi connectivity index (χ1) is 10.6. The van der Waals surface area contributed by atoms with Crippen molar-refractivity contribution in [1.29, 1.82) is 0 Å². The van der Waals surface area contributed by atoms with Crippen LogP contribution in [0.2, 0.25) is 0 Å². The van der Waals surface area contributed by atoms with Gasteiger partial charge in [-0.1, -0.05) is 30.3 Å². The summed E-state index contributed by atoms with van der Waals surface area (Å²) in [7, 11) is 0. The average molecular weight is 295 g/mol. The Kier molecular flexibility index (Phi) is 3.94. The minimum absolute atomic E-state index is 0.157. The molecule has 0 radical (unpaired) electrons. The van der Waals surface area contributed by atoms with Gasteiger partial charge in [0.05, 0.1) is 0 Å². The summed E-state index contributed by atoms with van der Waals surface area (Å²) < 4.78 is 0. The minimum atomic E-state index is -1.03. The Morgan fingerprint density at radius 1 is 1.09 bits per heavy atom. The number of ketones is 1. The summed E-state index contributed by atoms with van der Waals surface area (Å²) in [4.78, 5) is 15.3. The standard InChI is InChI=1S/C18H17NO3/c20-14-7-5-12(6-8-14)9-17(21)18(22)10-13-11-19-16-4-2-1-3-15(13)16/h1-8,11,18-20,22H,9-10H2/t18-/m0/s1. The van der Waals surface area contributed by atoms with Gasteiger partial charge in [-0.25, -0.2) is 0 Å². The number of para-hydroxylation sites is 1. The van der Waals surface area contributed by atoms with Gasteiger partial charge in [-0.2, -0.15) is 0 Å². The summed E-state index contributed by atoms with van der Waals surface area (Å²) >= 11 is 0. The Balaban J connectivity index is 1.69. The SMILES string of the molecule is O=C(Cc1ccc(O)cc1)[C@@H](O)Cc1c[nH]c2ccccc12. The number of aliphatic hydroxyl groups is 1. The molecule has 0 fully saturated rings. The zero-order chi connectivity index (χ0) is 15.5. The normalized spacial score (nSPS) is 12.4. The molecule has 112 valence electrons. The number of phenols is 1. The molecular formula is C18H17NO3. The first kappa shape index (κ1) is 14.4. The molecule has 1 aromatic heterocycles. The summed E-state index contributed by atoms with van der Waals surface area (Å²) in [5.74, 6) is -0.0634. The number of carbonyl (C=O) groups excluding carboxylic acids is 1. The Morgan fingerprint density at radius 3 is 2.59 bits per heavy atom. The Labute approximate surface area is 128 Å². The maximum Gasteiger partial charge on any atom is 0.165 e. The second-order valence-electron chi connectivity index (χ2n) is 5.39. The van der Waals surface area contributed by atoms with Crippen molar-refractivity contribution >= 4 is 16.7 Å². The van der Waals surface area contributed by atoms with Crippen molar-refractivity contribution in [3.63, 3.8) is 0 Å². The van der Waals surface area contributed by atoms with Crippen LogP contribution < -0.4 is 0 Å². The van der Waals surface area contributed by atoms with Crippen LogP contribution in [0, 0.1) is 0 Å². The van der Waals surface area contributed by atoms with Crippen LogP contribution in [0.4, 0.5) is 0 Å². The van der Waals surface area contributed by atoms with Gasteiger partial charge in [0.15, 0.2) is 5.78 Å². The summed E-state index contributed by atoms with van der Waals surface area (Å²) in [5.41, 5.74) is 2.71. The number of phenolic OH excluding ortho intramolecular Hbond substituents is 1. The zero-order valence-electron chi connectivity index (χ0n) is 12.0. The molecule has 3 rings (SSSR count). The van der Waals surface area contributed by atoms with E-state index in [9.17, 15) is 15.0 Å². The Bertz CT molecular complexity index is 789. The van der Waals surface area contributed by atoms with Crippen molar-refractivity contribution in [2.75, 3.05) is 0 Å². The van der Waals surface area contributed by atoms with Crippen molar-refractivity contribution in [2.45, 2.75) is 18.9 Å². The van der Waals surface area contributed by atoms with Crippen LogP contribution in [0.3, 0.4) is 0 Å². The van der Waals surface area contributed by atoms with Gasteiger partial charge in [-0.3, -0.25) is 4.79 Å². The van der Waals surface area contributed by atoms with Crippen LogP contribution in [0.25, 0.3) is 10.9 Å². The highest BCUT2D eigenvalue weighted by Gasteiger charge is 2.17. The molecule has 1 heterocycles. The summed E-state index contributed by atoms with van der Waals surface area (Å²) in [6, 6.07) is 14.3. The lowest BCUT2D eigenvalue weighted by molar-refractivity contribution is -0.126. The zero-order valence-corrected chi connectivity index (χ0v) is 12.0. The number of Topliss-reactive ketones (excluding diaryl/α,β-unsaturated/α-hetero) is 1. The van der Waals surface area contributed by atoms with Crippen LogP contribution in [0.5, 0.6) is 5.75 Å². The molecule has 0 amide bonds. The third kappa shape index (κ3) is 3.02. The molecule has 3 N–H and O–H groups in total. The average Bonchev–Trinajstić information content (AvgIpc) is 2.93. The molecule has 0 saturated carbocycles. The fourth-order valence-electron chi connectivity index (χ4n) is 2.56. The molecule has 0 aliphatic heterocycles.